The number of rotatable bonds is 3. The molecule has 1 aromatic carbocycles. The van der Waals surface area contributed by atoms with Crippen molar-refractivity contribution in [1.29, 1.82) is 0 Å². The van der Waals surface area contributed by atoms with Crippen molar-refractivity contribution in [2.75, 3.05) is 18.5 Å². The molecule has 0 spiro atoms. The van der Waals surface area contributed by atoms with Crippen molar-refractivity contribution in [3.8, 4) is 0 Å². The lowest BCUT2D eigenvalue weighted by atomic mass is 9.95. The van der Waals surface area contributed by atoms with Gasteiger partial charge in [0.15, 0.2) is 0 Å². The lowest BCUT2D eigenvalue weighted by molar-refractivity contribution is 0.954. The maximum absolute atomic E-state index is 2.37. The highest BCUT2D eigenvalue weighted by Crippen LogP contribution is 2.34. The fraction of sp³-hybridized carbons (Fsp3) is 0.467. The second kappa shape index (κ2) is 4.73. The summed E-state index contributed by atoms with van der Waals surface area (Å²) in [6.07, 6.45) is 5.83. The van der Waals surface area contributed by atoms with Crippen molar-refractivity contribution < 1.29 is 0 Å². The molecule has 0 saturated heterocycles. The van der Waals surface area contributed by atoms with E-state index in [1.807, 2.05) is 0 Å². The first kappa shape index (κ1) is 11.3. The molecule has 1 aromatic rings. The molecule has 0 atom stereocenters. The zero-order chi connectivity index (χ0) is 11.5. The first-order valence-electron chi connectivity index (χ1n) is 6.30. The number of fused-ring (bicyclic) bond motifs is 1. The number of hydrogen-bond acceptors (Lipinski definition) is 1. The van der Waals surface area contributed by atoms with Crippen LogP contribution in [0, 0.1) is 0 Å². The second-order valence-corrected chi connectivity index (χ2v) is 4.47. The third kappa shape index (κ3) is 1.87. The van der Waals surface area contributed by atoms with E-state index in [4.69, 9.17) is 0 Å². The van der Waals surface area contributed by atoms with Gasteiger partial charge in [-0.2, -0.15) is 0 Å². The standard InChI is InChI=1S/C15H21N/c1-4-7-12(5-2)13-8-6-9-15-14(13)10-11-16(15)3/h6-9H,4-5,10-11H2,1-3H3/b12-7+. The van der Waals surface area contributed by atoms with E-state index in [2.05, 4.69) is 50.1 Å². The number of allylic oxidation sites excluding steroid dienone is 2. The van der Waals surface area contributed by atoms with Gasteiger partial charge in [-0.05, 0) is 42.0 Å². The normalized spacial score (nSPS) is 15.4. The zero-order valence-corrected chi connectivity index (χ0v) is 10.6. The van der Waals surface area contributed by atoms with Gasteiger partial charge in [0.2, 0.25) is 0 Å². The molecule has 86 valence electrons. The van der Waals surface area contributed by atoms with E-state index in [1.54, 1.807) is 5.56 Å². The first-order valence-corrected chi connectivity index (χ1v) is 6.30. The Morgan fingerprint density at radius 3 is 2.88 bits per heavy atom. The lowest BCUT2D eigenvalue weighted by Gasteiger charge is -2.14. The highest BCUT2D eigenvalue weighted by atomic mass is 15.1. The number of hydrogen-bond donors (Lipinski definition) is 0. The Labute approximate surface area is 98.8 Å². The van der Waals surface area contributed by atoms with Gasteiger partial charge in [0.1, 0.15) is 0 Å². The van der Waals surface area contributed by atoms with Gasteiger partial charge < -0.3 is 4.90 Å². The molecule has 1 heteroatoms. The van der Waals surface area contributed by atoms with Gasteiger partial charge in [-0.25, -0.2) is 0 Å². The average molecular weight is 215 g/mol. The van der Waals surface area contributed by atoms with Crippen LogP contribution in [0.25, 0.3) is 5.57 Å². The molecule has 0 amide bonds. The van der Waals surface area contributed by atoms with Crippen LogP contribution >= 0.6 is 0 Å². The third-order valence-corrected chi connectivity index (χ3v) is 3.44. The van der Waals surface area contributed by atoms with Gasteiger partial charge in [-0.15, -0.1) is 0 Å². The lowest BCUT2D eigenvalue weighted by Crippen LogP contribution is -2.12. The maximum atomic E-state index is 2.37. The Bertz CT molecular complexity index is 404. The Morgan fingerprint density at radius 2 is 2.19 bits per heavy atom. The zero-order valence-electron chi connectivity index (χ0n) is 10.6. The Kier molecular flexibility index (Phi) is 3.33. The number of benzene rings is 1. The van der Waals surface area contributed by atoms with E-state index in [0.717, 1.165) is 19.4 Å². The summed E-state index contributed by atoms with van der Waals surface area (Å²) < 4.78 is 0. The van der Waals surface area contributed by atoms with E-state index < -0.39 is 0 Å². The summed E-state index contributed by atoms with van der Waals surface area (Å²) in [6.45, 7) is 5.62. The molecular weight excluding hydrogens is 194 g/mol. The van der Waals surface area contributed by atoms with E-state index in [9.17, 15) is 0 Å². The van der Waals surface area contributed by atoms with Gasteiger partial charge in [0, 0.05) is 19.3 Å². The molecule has 0 unspecified atom stereocenters. The maximum Gasteiger partial charge on any atom is 0.0403 e. The van der Waals surface area contributed by atoms with Crippen LogP contribution in [-0.2, 0) is 6.42 Å². The molecule has 0 aromatic heterocycles. The van der Waals surface area contributed by atoms with Crippen LogP contribution in [-0.4, -0.2) is 13.6 Å². The molecule has 1 heterocycles. The van der Waals surface area contributed by atoms with Crippen LogP contribution in [0.15, 0.2) is 24.3 Å². The molecule has 0 fully saturated rings. The van der Waals surface area contributed by atoms with Gasteiger partial charge in [-0.1, -0.05) is 32.1 Å². The van der Waals surface area contributed by atoms with Crippen LogP contribution < -0.4 is 4.90 Å². The number of nitrogens with zero attached hydrogens (tertiary/aromatic N) is 1. The van der Waals surface area contributed by atoms with Crippen molar-refractivity contribution >= 4 is 11.3 Å². The highest BCUT2D eigenvalue weighted by Gasteiger charge is 2.19. The monoisotopic (exact) mass is 215 g/mol. The van der Waals surface area contributed by atoms with E-state index in [-0.39, 0.29) is 0 Å². The second-order valence-electron chi connectivity index (χ2n) is 4.47. The largest absolute Gasteiger partial charge is 0.374 e. The summed E-state index contributed by atoms with van der Waals surface area (Å²) in [7, 11) is 2.19. The Balaban J connectivity index is 2.46. The summed E-state index contributed by atoms with van der Waals surface area (Å²) in [5.74, 6) is 0. The Hall–Kier alpha value is -1.24. The average Bonchev–Trinajstić information content (AvgIpc) is 2.68. The van der Waals surface area contributed by atoms with Crippen LogP contribution in [0.5, 0.6) is 0 Å². The predicted octanol–water partition coefficient (Wildman–Crippen LogP) is 3.88. The minimum Gasteiger partial charge on any atom is -0.374 e. The SMILES string of the molecule is CC/C=C(\CC)c1cccc2c1CCN2C. The highest BCUT2D eigenvalue weighted by molar-refractivity contribution is 5.75. The summed E-state index contributed by atoms with van der Waals surface area (Å²) in [4.78, 5) is 2.36. The smallest absolute Gasteiger partial charge is 0.0403 e. The molecule has 2 rings (SSSR count). The van der Waals surface area contributed by atoms with Crippen molar-refractivity contribution in [2.24, 2.45) is 0 Å². The summed E-state index contributed by atoms with van der Waals surface area (Å²) in [6, 6.07) is 6.71. The summed E-state index contributed by atoms with van der Waals surface area (Å²) in [5, 5.41) is 0. The van der Waals surface area contributed by atoms with Crippen LogP contribution in [0.1, 0.15) is 37.8 Å². The van der Waals surface area contributed by atoms with Crippen molar-refractivity contribution in [3.05, 3.63) is 35.4 Å². The number of anilines is 1. The van der Waals surface area contributed by atoms with Gasteiger partial charge in [0.25, 0.3) is 0 Å². The molecule has 0 bridgehead atoms. The molecule has 1 aliphatic rings. The Morgan fingerprint density at radius 1 is 1.38 bits per heavy atom. The molecular formula is C15H21N. The fourth-order valence-electron chi connectivity index (χ4n) is 2.59. The van der Waals surface area contributed by atoms with Crippen molar-refractivity contribution in [1.82, 2.24) is 0 Å². The van der Waals surface area contributed by atoms with Crippen LogP contribution in [0.4, 0.5) is 5.69 Å². The topological polar surface area (TPSA) is 3.24 Å². The molecule has 0 aliphatic carbocycles. The summed E-state index contributed by atoms with van der Waals surface area (Å²) in [5.41, 5.74) is 5.96. The quantitative estimate of drug-likeness (QED) is 0.739. The molecule has 0 saturated carbocycles. The molecule has 0 N–H and O–H groups in total. The van der Waals surface area contributed by atoms with Crippen molar-refractivity contribution in [3.63, 3.8) is 0 Å². The fourth-order valence-corrected chi connectivity index (χ4v) is 2.59. The van der Waals surface area contributed by atoms with Crippen LogP contribution in [0.2, 0.25) is 0 Å². The van der Waals surface area contributed by atoms with Crippen molar-refractivity contribution in [2.45, 2.75) is 33.1 Å². The minimum atomic E-state index is 1.13. The van der Waals surface area contributed by atoms with Gasteiger partial charge in [0.05, 0.1) is 0 Å². The van der Waals surface area contributed by atoms with E-state index in [1.165, 1.54) is 23.2 Å². The first-order chi connectivity index (χ1) is 7.77. The number of likely N-dealkylation sites (N-methyl/N-ethyl adjacent to an activating group) is 1. The summed E-state index contributed by atoms with van der Waals surface area (Å²) >= 11 is 0. The van der Waals surface area contributed by atoms with E-state index >= 15 is 0 Å². The third-order valence-electron chi connectivity index (χ3n) is 3.44. The van der Waals surface area contributed by atoms with Crippen LogP contribution in [0.3, 0.4) is 0 Å². The minimum absolute atomic E-state index is 1.13. The molecule has 1 aliphatic heterocycles. The predicted molar refractivity (Wildman–Crippen MR) is 72.0 cm³/mol. The molecule has 16 heavy (non-hydrogen) atoms. The van der Waals surface area contributed by atoms with E-state index in [0.29, 0.717) is 0 Å². The van der Waals surface area contributed by atoms with Gasteiger partial charge >= 0.3 is 0 Å². The van der Waals surface area contributed by atoms with Gasteiger partial charge in [-0.3, -0.25) is 0 Å². The molecule has 0 radical (unpaired) electrons. The molecule has 1 nitrogen and oxygen atoms in total.